The smallest absolute Gasteiger partial charge is 0.257 e. The fraction of sp³-hybridized carbons (Fsp3) is 0.167. The van der Waals surface area contributed by atoms with Crippen LogP contribution in [0, 0.1) is 0 Å². The number of hydrogen-bond donors (Lipinski definition) is 1. The summed E-state index contributed by atoms with van der Waals surface area (Å²) in [6, 6.07) is 11.0. The molecule has 1 aliphatic heterocycles. The predicted molar refractivity (Wildman–Crippen MR) is 90.8 cm³/mol. The van der Waals surface area contributed by atoms with Gasteiger partial charge < -0.3 is 14.8 Å². The Morgan fingerprint density at radius 3 is 2.92 bits per heavy atom. The number of hydrogen-bond acceptors (Lipinski definition) is 5. The third kappa shape index (κ3) is 3.45. The molecule has 25 heavy (non-hydrogen) atoms. The second-order valence-electron chi connectivity index (χ2n) is 5.64. The third-order valence-electron chi connectivity index (χ3n) is 3.77. The molecule has 1 unspecified atom stereocenters. The number of rotatable bonds is 4. The summed E-state index contributed by atoms with van der Waals surface area (Å²) in [5.41, 5.74) is 1.11. The van der Waals surface area contributed by atoms with Gasteiger partial charge in [0.05, 0.1) is 24.0 Å². The molecule has 0 spiro atoms. The molecule has 126 valence electrons. The van der Waals surface area contributed by atoms with Crippen LogP contribution in [0.5, 0.6) is 11.5 Å². The van der Waals surface area contributed by atoms with Crippen molar-refractivity contribution in [2.24, 2.45) is 0 Å². The summed E-state index contributed by atoms with van der Waals surface area (Å²) in [5, 5.41) is 7.06. The molecule has 0 saturated heterocycles. The van der Waals surface area contributed by atoms with E-state index >= 15 is 0 Å². The standard InChI is InChI=1S/C18H16N4O3/c23-18(13-4-3-7-19-8-13)21-14-9-20-22(10-14)11-15-12-24-16-5-1-2-6-17(16)25-15/h1-10,15H,11-12H2,(H,21,23). The topological polar surface area (TPSA) is 78.3 Å². The van der Waals surface area contributed by atoms with Crippen molar-refractivity contribution < 1.29 is 14.3 Å². The van der Waals surface area contributed by atoms with Crippen LogP contribution in [0.25, 0.3) is 0 Å². The number of aromatic nitrogens is 3. The Hall–Kier alpha value is -3.35. The van der Waals surface area contributed by atoms with Crippen LogP contribution in [0.15, 0.2) is 61.2 Å². The van der Waals surface area contributed by atoms with E-state index in [0.29, 0.717) is 24.4 Å². The van der Waals surface area contributed by atoms with E-state index in [2.05, 4.69) is 15.4 Å². The number of benzene rings is 1. The number of carbonyl (C=O) groups excluding carboxylic acids is 1. The van der Waals surface area contributed by atoms with Crippen LogP contribution in [-0.2, 0) is 6.54 Å². The molecule has 0 bridgehead atoms. The van der Waals surface area contributed by atoms with Gasteiger partial charge in [-0.05, 0) is 24.3 Å². The van der Waals surface area contributed by atoms with Crippen molar-refractivity contribution in [3.8, 4) is 11.5 Å². The second-order valence-corrected chi connectivity index (χ2v) is 5.64. The number of ether oxygens (including phenoxy) is 2. The highest BCUT2D eigenvalue weighted by Crippen LogP contribution is 2.31. The zero-order valence-electron chi connectivity index (χ0n) is 13.3. The van der Waals surface area contributed by atoms with Crippen LogP contribution < -0.4 is 14.8 Å². The largest absolute Gasteiger partial charge is 0.486 e. The normalized spacial score (nSPS) is 15.6. The minimum absolute atomic E-state index is 0.142. The summed E-state index contributed by atoms with van der Waals surface area (Å²) in [5.74, 6) is 1.26. The summed E-state index contributed by atoms with van der Waals surface area (Å²) in [6.07, 6.45) is 6.37. The Morgan fingerprint density at radius 2 is 2.08 bits per heavy atom. The Bertz CT molecular complexity index is 879. The average molecular weight is 336 g/mol. The Balaban J connectivity index is 1.38. The van der Waals surface area contributed by atoms with Crippen molar-refractivity contribution in [1.82, 2.24) is 14.8 Å². The Morgan fingerprint density at radius 1 is 1.20 bits per heavy atom. The summed E-state index contributed by atoms with van der Waals surface area (Å²) in [6.45, 7) is 0.978. The number of amides is 1. The molecule has 3 heterocycles. The van der Waals surface area contributed by atoms with Gasteiger partial charge in [-0.25, -0.2) is 0 Å². The zero-order valence-corrected chi connectivity index (χ0v) is 13.3. The Labute approximate surface area is 144 Å². The third-order valence-corrected chi connectivity index (χ3v) is 3.77. The summed E-state index contributed by atoms with van der Waals surface area (Å²) in [4.78, 5) is 16.1. The first-order valence-electron chi connectivity index (χ1n) is 7.90. The van der Waals surface area contributed by atoms with E-state index in [0.717, 1.165) is 11.5 Å². The highest BCUT2D eigenvalue weighted by Gasteiger charge is 2.21. The Kier molecular flexibility index (Phi) is 4.04. The molecule has 1 aliphatic rings. The van der Waals surface area contributed by atoms with Crippen molar-refractivity contribution in [3.63, 3.8) is 0 Å². The number of para-hydroxylation sites is 2. The molecule has 0 fully saturated rings. The molecule has 2 aromatic heterocycles. The number of pyridine rings is 1. The van der Waals surface area contributed by atoms with Gasteiger partial charge in [0.25, 0.3) is 5.91 Å². The first-order valence-corrected chi connectivity index (χ1v) is 7.90. The van der Waals surface area contributed by atoms with Crippen molar-refractivity contribution in [2.45, 2.75) is 12.6 Å². The number of nitrogens with zero attached hydrogens (tertiary/aromatic N) is 3. The van der Waals surface area contributed by atoms with Crippen LogP contribution in [0.2, 0.25) is 0 Å². The van der Waals surface area contributed by atoms with Gasteiger partial charge in [-0.2, -0.15) is 5.10 Å². The summed E-state index contributed by atoms with van der Waals surface area (Å²) >= 11 is 0. The lowest BCUT2D eigenvalue weighted by molar-refractivity contribution is 0.0759. The fourth-order valence-corrected chi connectivity index (χ4v) is 2.59. The van der Waals surface area contributed by atoms with E-state index in [-0.39, 0.29) is 12.0 Å². The molecule has 0 aliphatic carbocycles. The molecule has 1 atom stereocenters. The molecule has 7 nitrogen and oxygen atoms in total. The van der Waals surface area contributed by atoms with E-state index in [1.807, 2.05) is 24.3 Å². The summed E-state index contributed by atoms with van der Waals surface area (Å²) in [7, 11) is 0. The molecule has 0 radical (unpaired) electrons. The lowest BCUT2D eigenvalue weighted by Gasteiger charge is -2.26. The predicted octanol–water partition coefficient (Wildman–Crippen LogP) is 2.37. The summed E-state index contributed by atoms with van der Waals surface area (Å²) < 4.78 is 13.3. The van der Waals surface area contributed by atoms with E-state index in [1.54, 1.807) is 35.4 Å². The molecule has 7 heteroatoms. The van der Waals surface area contributed by atoms with E-state index < -0.39 is 0 Å². The maximum atomic E-state index is 12.1. The second kappa shape index (κ2) is 6.64. The van der Waals surface area contributed by atoms with Gasteiger partial charge in [-0.15, -0.1) is 0 Å². The van der Waals surface area contributed by atoms with E-state index in [4.69, 9.17) is 9.47 Å². The number of carbonyl (C=O) groups is 1. The van der Waals surface area contributed by atoms with Crippen LogP contribution in [-0.4, -0.2) is 33.4 Å². The van der Waals surface area contributed by atoms with Gasteiger partial charge in [0, 0.05) is 18.6 Å². The molecule has 4 rings (SSSR count). The molecule has 1 N–H and O–H groups in total. The molecular formula is C18H16N4O3. The van der Waals surface area contributed by atoms with Crippen molar-refractivity contribution in [3.05, 3.63) is 66.7 Å². The van der Waals surface area contributed by atoms with Crippen LogP contribution in [0.1, 0.15) is 10.4 Å². The first-order chi connectivity index (χ1) is 12.3. The van der Waals surface area contributed by atoms with Gasteiger partial charge >= 0.3 is 0 Å². The maximum Gasteiger partial charge on any atom is 0.257 e. The SMILES string of the molecule is O=C(Nc1cnn(CC2COc3ccccc3O2)c1)c1cccnc1. The molecule has 3 aromatic rings. The van der Waals surface area contributed by atoms with Gasteiger partial charge in [0.1, 0.15) is 6.61 Å². The highest BCUT2D eigenvalue weighted by atomic mass is 16.6. The number of anilines is 1. The van der Waals surface area contributed by atoms with Gasteiger partial charge in [0.2, 0.25) is 0 Å². The molecule has 1 amide bonds. The van der Waals surface area contributed by atoms with Crippen molar-refractivity contribution in [2.75, 3.05) is 11.9 Å². The van der Waals surface area contributed by atoms with Crippen molar-refractivity contribution >= 4 is 11.6 Å². The molecule has 1 aromatic carbocycles. The first kappa shape index (κ1) is 15.2. The number of nitrogens with one attached hydrogen (secondary N) is 1. The van der Waals surface area contributed by atoms with Crippen LogP contribution in [0.4, 0.5) is 5.69 Å². The lowest BCUT2D eigenvalue weighted by atomic mass is 10.2. The van der Waals surface area contributed by atoms with E-state index in [1.165, 1.54) is 6.20 Å². The average Bonchev–Trinajstić information content (AvgIpc) is 3.09. The monoisotopic (exact) mass is 336 g/mol. The number of fused-ring (bicyclic) bond motifs is 1. The van der Waals surface area contributed by atoms with Crippen LogP contribution >= 0.6 is 0 Å². The van der Waals surface area contributed by atoms with Crippen molar-refractivity contribution in [1.29, 1.82) is 0 Å². The fourth-order valence-electron chi connectivity index (χ4n) is 2.59. The van der Waals surface area contributed by atoms with Gasteiger partial charge in [0.15, 0.2) is 17.6 Å². The quantitative estimate of drug-likeness (QED) is 0.791. The van der Waals surface area contributed by atoms with Gasteiger partial charge in [-0.1, -0.05) is 12.1 Å². The maximum absolute atomic E-state index is 12.1. The minimum Gasteiger partial charge on any atom is -0.486 e. The van der Waals surface area contributed by atoms with Gasteiger partial charge in [-0.3, -0.25) is 14.5 Å². The lowest BCUT2D eigenvalue weighted by Crippen LogP contribution is -2.33. The highest BCUT2D eigenvalue weighted by molar-refractivity contribution is 6.03. The molecular weight excluding hydrogens is 320 g/mol. The zero-order chi connectivity index (χ0) is 17.1. The molecule has 0 saturated carbocycles. The minimum atomic E-state index is -0.223. The van der Waals surface area contributed by atoms with Crippen LogP contribution in [0.3, 0.4) is 0 Å². The van der Waals surface area contributed by atoms with E-state index in [9.17, 15) is 4.79 Å².